The SMILES string of the molecule is CCC(C)SCC(=O)c1cc([N+](=O)[O-])c[nH]1. The molecule has 0 aromatic carbocycles. The standard InChI is InChI=1S/C10H14N2O3S/c1-3-7(2)16-6-10(13)9-4-8(5-11-9)12(14)15/h4-5,7,11H,3,6H2,1-2H3. The largest absolute Gasteiger partial charge is 0.353 e. The maximum Gasteiger partial charge on any atom is 0.287 e. The van der Waals surface area contributed by atoms with Gasteiger partial charge in [-0.05, 0) is 6.42 Å². The molecule has 1 N–H and O–H groups in total. The molecule has 1 atom stereocenters. The molecule has 0 radical (unpaired) electrons. The molecule has 0 amide bonds. The van der Waals surface area contributed by atoms with Gasteiger partial charge in [0.1, 0.15) is 0 Å². The zero-order valence-electron chi connectivity index (χ0n) is 9.23. The molecule has 5 nitrogen and oxygen atoms in total. The van der Waals surface area contributed by atoms with Crippen LogP contribution in [-0.4, -0.2) is 26.7 Å². The molecular weight excluding hydrogens is 228 g/mol. The number of carbonyl (C=O) groups excluding carboxylic acids is 1. The maximum absolute atomic E-state index is 11.6. The molecule has 0 aliphatic carbocycles. The lowest BCUT2D eigenvalue weighted by molar-refractivity contribution is -0.384. The molecule has 88 valence electrons. The van der Waals surface area contributed by atoms with Crippen molar-refractivity contribution in [2.45, 2.75) is 25.5 Å². The lowest BCUT2D eigenvalue weighted by atomic mass is 10.3. The Labute approximate surface area is 97.8 Å². The molecule has 1 aromatic heterocycles. The van der Waals surface area contributed by atoms with Crippen molar-refractivity contribution in [2.75, 3.05) is 5.75 Å². The summed E-state index contributed by atoms with van der Waals surface area (Å²) < 4.78 is 0. The lowest BCUT2D eigenvalue weighted by Gasteiger charge is -2.05. The Kier molecular flexibility index (Phi) is 4.54. The number of nitrogens with one attached hydrogen (secondary N) is 1. The predicted octanol–water partition coefficient (Wildman–Crippen LogP) is 2.64. The van der Waals surface area contributed by atoms with Gasteiger partial charge >= 0.3 is 0 Å². The van der Waals surface area contributed by atoms with Crippen molar-refractivity contribution >= 4 is 23.2 Å². The van der Waals surface area contributed by atoms with Gasteiger partial charge in [-0.25, -0.2) is 0 Å². The van der Waals surface area contributed by atoms with E-state index < -0.39 is 4.92 Å². The van der Waals surface area contributed by atoms with Crippen molar-refractivity contribution in [3.63, 3.8) is 0 Å². The van der Waals surface area contributed by atoms with E-state index in [-0.39, 0.29) is 11.5 Å². The van der Waals surface area contributed by atoms with Crippen molar-refractivity contribution in [3.05, 3.63) is 28.1 Å². The molecule has 1 heterocycles. The molecule has 0 fully saturated rings. The third kappa shape index (κ3) is 3.37. The van der Waals surface area contributed by atoms with Gasteiger partial charge in [-0.1, -0.05) is 13.8 Å². The van der Waals surface area contributed by atoms with Gasteiger partial charge in [-0.2, -0.15) is 11.8 Å². The molecule has 1 rings (SSSR count). The van der Waals surface area contributed by atoms with Gasteiger partial charge in [0.2, 0.25) is 0 Å². The van der Waals surface area contributed by atoms with Crippen molar-refractivity contribution in [2.24, 2.45) is 0 Å². The molecule has 0 aliphatic rings. The number of aromatic amines is 1. The normalized spacial score (nSPS) is 12.4. The van der Waals surface area contributed by atoms with Gasteiger partial charge in [-0.3, -0.25) is 14.9 Å². The second kappa shape index (κ2) is 5.69. The number of hydrogen-bond donors (Lipinski definition) is 1. The first-order chi connectivity index (χ1) is 7.54. The van der Waals surface area contributed by atoms with Crippen LogP contribution < -0.4 is 0 Å². The van der Waals surface area contributed by atoms with E-state index in [1.54, 1.807) is 11.8 Å². The van der Waals surface area contributed by atoms with Gasteiger partial charge in [0, 0.05) is 11.3 Å². The minimum Gasteiger partial charge on any atom is -0.353 e. The number of rotatable bonds is 6. The summed E-state index contributed by atoms with van der Waals surface area (Å²) in [5.74, 6) is 0.255. The van der Waals surface area contributed by atoms with Crippen LogP contribution in [0.4, 0.5) is 5.69 Å². The fourth-order valence-electron chi connectivity index (χ4n) is 1.06. The Morgan fingerprint density at radius 3 is 2.88 bits per heavy atom. The maximum atomic E-state index is 11.6. The van der Waals surface area contributed by atoms with E-state index in [0.717, 1.165) is 6.42 Å². The molecule has 1 unspecified atom stereocenters. The summed E-state index contributed by atoms with van der Waals surface area (Å²) >= 11 is 1.56. The van der Waals surface area contributed by atoms with Crippen molar-refractivity contribution in [1.82, 2.24) is 4.98 Å². The van der Waals surface area contributed by atoms with Crippen molar-refractivity contribution in [1.29, 1.82) is 0 Å². The molecule has 0 saturated carbocycles. The van der Waals surface area contributed by atoms with Crippen molar-refractivity contribution in [3.8, 4) is 0 Å². The van der Waals surface area contributed by atoms with Crippen LogP contribution in [0.25, 0.3) is 0 Å². The Morgan fingerprint density at radius 2 is 2.38 bits per heavy atom. The fraction of sp³-hybridized carbons (Fsp3) is 0.500. The summed E-state index contributed by atoms with van der Waals surface area (Å²) in [6.07, 6.45) is 2.24. The number of hydrogen-bond acceptors (Lipinski definition) is 4. The summed E-state index contributed by atoms with van der Waals surface area (Å²) in [7, 11) is 0. The number of ketones is 1. The molecule has 0 saturated heterocycles. The Balaban J connectivity index is 2.56. The van der Waals surface area contributed by atoms with Crippen LogP contribution in [0, 0.1) is 10.1 Å². The van der Waals surface area contributed by atoms with Crippen LogP contribution in [-0.2, 0) is 0 Å². The minimum atomic E-state index is -0.519. The molecular formula is C10H14N2O3S. The van der Waals surface area contributed by atoms with Crippen LogP contribution >= 0.6 is 11.8 Å². The van der Waals surface area contributed by atoms with E-state index in [4.69, 9.17) is 0 Å². The van der Waals surface area contributed by atoms with Gasteiger partial charge in [0.15, 0.2) is 5.78 Å². The highest BCUT2D eigenvalue weighted by Crippen LogP contribution is 2.17. The van der Waals surface area contributed by atoms with E-state index in [1.165, 1.54) is 12.3 Å². The van der Waals surface area contributed by atoms with E-state index in [9.17, 15) is 14.9 Å². The van der Waals surface area contributed by atoms with Crippen LogP contribution in [0.5, 0.6) is 0 Å². The first kappa shape index (κ1) is 12.8. The summed E-state index contributed by atoms with van der Waals surface area (Å²) in [5, 5.41) is 10.8. The highest BCUT2D eigenvalue weighted by atomic mass is 32.2. The molecule has 6 heteroatoms. The molecule has 1 aromatic rings. The number of nitrogens with zero attached hydrogens (tertiary/aromatic N) is 1. The Morgan fingerprint density at radius 1 is 1.69 bits per heavy atom. The van der Waals surface area contributed by atoms with Gasteiger partial charge < -0.3 is 4.98 Å². The molecule has 16 heavy (non-hydrogen) atoms. The zero-order chi connectivity index (χ0) is 12.1. The van der Waals surface area contributed by atoms with Gasteiger partial charge in [0.25, 0.3) is 5.69 Å². The first-order valence-corrected chi connectivity index (χ1v) is 6.07. The molecule has 0 bridgehead atoms. The summed E-state index contributed by atoms with van der Waals surface area (Å²) in [6.45, 7) is 4.11. The fourth-order valence-corrected chi connectivity index (χ4v) is 1.89. The first-order valence-electron chi connectivity index (χ1n) is 5.02. The van der Waals surface area contributed by atoms with Crippen molar-refractivity contribution < 1.29 is 9.72 Å². The number of aromatic nitrogens is 1. The van der Waals surface area contributed by atoms with E-state index in [0.29, 0.717) is 16.7 Å². The van der Waals surface area contributed by atoms with Gasteiger partial charge in [-0.15, -0.1) is 0 Å². The topological polar surface area (TPSA) is 76.0 Å². The highest BCUT2D eigenvalue weighted by molar-refractivity contribution is 8.00. The lowest BCUT2D eigenvalue weighted by Crippen LogP contribution is -2.06. The molecule has 0 spiro atoms. The van der Waals surface area contributed by atoms with Crippen LogP contribution in [0.2, 0.25) is 0 Å². The third-order valence-electron chi connectivity index (χ3n) is 2.25. The van der Waals surface area contributed by atoms with Crippen LogP contribution in [0.15, 0.2) is 12.3 Å². The zero-order valence-corrected chi connectivity index (χ0v) is 10.0. The van der Waals surface area contributed by atoms with E-state index in [2.05, 4.69) is 18.8 Å². The van der Waals surface area contributed by atoms with E-state index >= 15 is 0 Å². The number of carbonyl (C=O) groups is 1. The predicted molar refractivity (Wildman–Crippen MR) is 64.0 cm³/mol. The Bertz CT molecular complexity index is 389. The quantitative estimate of drug-likeness (QED) is 0.472. The Hall–Kier alpha value is -1.30. The number of H-pyrrole nitrogens is 1. The second-order valence-corrected chi connectivity index (χ2v) is 4.91. The average molecular weight is 242 g/mol. The summed E-state index contributed by atoms with van der Waals surface area (Å²) in [5.41, 5.74) is 0.236. The van der Waals surface area contributed by atoms with Gasteiger partial charge in [0.05, 0.1) is 22.6 Å². The summed E-state index contributed by atoms with van der Waals surface area (Å²) in [6, 6.07) is 1.28. The molecule has 0 aliphatic heterocycles. The third-order valence-corrected chi connectivity index (χ3v) is 3.58. The van der Waals surface area contributed by atoms with E-state index in [1.807, 2.05) is 0 Å². The number of nitro groups is 1. The monoisotopic (exact) mass is 242 g/mol. The minimum absolute atomic E-state index is 0.0723. The highest BCUT2D eigenvalue weighted by Gasteiger charge is 2.14. The average Bonchev–Trinajstić information content (AvgIpc) is 2.74. The van der Waals surface area contributed by atoms with Crippen LogP contribution in [0.1, 0.15) is 30.8 Å². The second-order valence-electron chi connectivity index (χ2n) is 3.48. The smallest absolute Gasteiger partial charge is 0.287 e. The number of Topliss-reactive ketones (excluding diaryl/α,β-unsaturated/α-hetero) is 1. The van der Waals surface area contributed by atoms with Crippen LogP contribution in [0.3, 0.4) is 0 Å². The summed E-state index contributed by atoms with van der Waals surface area (Å²) in [4.78, 5) is 24.1. The number of thioether (sulfide) groups is 1.